The van der Waals surface area contributed by atoms with Crippen molar-refractivity contribution >= 4 is 0 Å². The van der Waals surface area contributed by atoms with E-state index in [4.69, 9.17) is 4.74 Å². The topological polar surface area (TPSA) is 41.5 Å². The van der Waals surface area contributed by atoms with Gasteiger partial charge in [-0.3, -0.25) is 0 Å². The van der Waals surface area contributed by atoms with Crippen LogP contribution in [0.3, 0.4) is 0 Å². The zero-order valence-electron chi connectivity index (χ0n) is 8.94. The summed E-state index contributed by atoms with van der Waals surface area (Å²) >= 11 is 0. The fourth-order valence-corrected chi connectivity index (χ4v) is 1.97. The Balaban J connectivity index is 2.17. The quantitative estimate of drug-likeness (QED) is 0.772. The van der Waals surface area contributed by atoms with Crippen LogP contribution in [0.2, 0.25) is 0 Å². The van der Waals surface area contributed by atoms with Crippen molar-refractivity contribution in [3.05, 3.63) is 29.8 Å². The van der Waals surface area contributed by atoms with Gasteiger partial charge in [-0.05, 0) is 19.0 Å². The van der Waals surface area contributed by atoms with Crippen molar-refractivity contribution in [1.82, 2.24) is 5.32 Å². The predicted molar refractivity (Wildman–Crippen MR) is 59.0 cm³/mol. The average Bonchev–Trinajstić information content (AvgIpc) is 2.40. The second kappa shape index (κ2) is 4.64. The van der Waals surface area contributed by atoms with Crippen LogP contribution in [-0.4, -0.2) is 24.3 Å². The molecular weight excluding hydrogens is 190 g/mol. The molecule has 2 N–H and O–H groups in total. The molecule has 0 bridgehead atoms. The minimum Gasteiger partial charge on any atom is -0.492 e. The zero-order valence-corrected chi connectivity index (χ0v) is 8.94. The molecule has 0 aliphatic carbocycles. The third-order valence-electron chi connectivity index (χ3n) is 2.72. The number of hydrogen-bond acceptors (Lipinski definition) is 3. The van der Waals surface area contributed by atoms with Crippen LogP contribution >= 0.6 is 0 Å². The number of aliphatic hydroxyl groups excluding tert-OH is 1. The Hall–Kier alpha value is -1.06. The molecule has 0 saturated heterocycles. The van der Waals surface area contributed by atoms with E-state index < -0.39 is 6.10 Å². The van der Waals surface area contributed by atoms with Crippen molar-refractivity contribution in [2.45, 2.75) is 25.5 Å². The first kappa shape index (κ1) is 10.5. The third-order valence-corrected chi connectivity index (χ3v) is 2.72. The van der Waals surface area contributed by atoms with E-state index in [2.05, 4.69) is 12.2 Å². The summed E-state index contributed by atoms with van der Waals surface area (Å²) in [4.78, 5) is 0. The van der Waals surface area contributed by atoms with Crippen LogP contribution in [0.4, 0.5) is 0 Å². The van der Waals surface area contributed by atoms with Crippen LogP contribution < -0.4 is 10.1 Å². The van der Waals surface area contributed by atoms with Gasteiger partial charge in [0.15, 0.2) is 0 Å². The first-order valence-electron chi connectivity index (χ1n) is 5.44. The van der Waals surface area contributed by atoms with Crippen molar-refractivity contribution in [3.8, 4) is 5.75 Å². The van der Waals surface area contributed by atoms with Crippen molar-refractivity contribution in [1.29, 1.82) is 0 Å². The van der Waals surface area contributed by atoms with Crippen LogP contribution in [0, 0.1) is 0 Å². The molecule has 3 nitrogen and oxygen atoms in total. The molecule has 2 unspecified atom stereocenters. The molecule has 1 aromatic carbocycles. The third kappa shape index (κ3) is 2.30. The second-order valence-electron chi connectivity index (χ2n) is 3.85. The Morgan fingerprint density at radius 1 is 1.47 bits per heavy atom. The second-order valence-corrected chi connectivity index (χ2v) is 3.85. The number of aliphatic hydroxyl groups is 1. The van der Waals surface area contributed by atoms with Crippen molar-refractivity contribution < 1.29 is 9.84 Å². The molecule has 3 heteroatoms. The number of nitrogens with one attached hydrogen (secondary N) is 1. The summed E-state index contributed by atoms with van der Waals surface area (Å²) in [5.41, 5.74) is 0.901. The van der Waals surface area contributed by atoms with Crippen molar-refractivity contribution in [3.63, 3.8) is 0 Å². The maximum absolute atomic E-state index is 10.0. The van der Waals surface area contributed by atoms with Gasteiger partial charge in [-0.25, -0.2) is 0 Å². The number of ether oxygens (including phenoxy) is 1. The van der Waals surface area contributed by atoms with Crippen LogP contribution in [0.5, 0.6) is 5.75 Å². The van der Waals surface area contributed by atoms with Gasteiger partial charge in [0, 0.05) is 11.6 Å². The molecular formula is C12H17NO2. The molecule has 0 radical (unpaired) electrons. The first-order chi connectivity index (χ1) is 7.31. The Bertz CT molecular complexity index is 327. The SMILES string of the molecule is CCNC1COc2ccccc2C(O)C1. The number of fused-ring (bicyclic) bond motifs is 1. The lowest BCUT2D eigenvalue weighted by atomic mass is 10.0. The molecule has 0 fully saturated rings. The van der Waals surface area contributed by atoms with Gasteiger partial charge in [0.05, 0.1) is 6.10 Å². The summed E-state index contributed by atoms with van der Waals surface area (Å²) in [6.45, 7) is 3.59. The van der Waals surface area contributed by atoms with Gasteiger partial charge in [0.1, 0.15) is 12.4 Å². The number of benzene rings is 1. The van der Waals surface area contributed by atoms with Crippen LogP contribution in [0.15, 0.2) is 24.3 Å². The van der Waals surface area contributed by atoms with Crippen LogP contribution in [-0.2, 0) is 0 Å². The van der Waals surface area contributed by atoms with Crippen molar-refractivity contribution in [2.75, 3.05) is 13.2 Å². The fraction of sp³-hybridized carbons (Fsp3) is 0.500. The van der Waals surface area contributed by atoms with Gasteiger partial charge in [-0.2, -0.15) is 0 Å². The lowest BCUT2D eigenvalue weighted by Crippen LogP contribution is -2.34. The maximum atomic E-state index is 10.0. The summed E-state index contributed by atoms with van der Waals surface area (Å²) in [7, 11) is 0. The van der Waals surface area contributed by atoms with E-state index >= 15 is 0 Å². The monoisotopic (exact) mass is 207 g/mol. The lowest BCUT2D eigenvalue weighted by molar-refractivity contribution is 0.152. The molecule has 0 aromatic heterocycles. The minimum atomic E-state index is -0.423. The predicted octanol–water partition coefficient (Wildman–Crippen LogP) is 1.48. The van der Waals surface area contributed by atoms with Gasteiger partial charge >= 0.3 is 0 Å². The molecule has 0 amide bonds. The molecule has 15 heavy (non-hydrogen) atoms. The van der Waals surface area contributed by atoms with Gasteiger partial charge in [-0.1, -0.05) is 25.1 Å². The Kier molecular flexibility index (Phi) is 3.23. The largest absolute Gasteiger partial charge is 0.492 e. The van der Waals surface area contributed by atoms with E-state index in [0.29, 0.717) is 13.0 Å². The normalized spacial score (nSPS) is 25.2. The molecule has 2 atom stereocenters. The van der Waals surface area contributed by atoms with Gasteiger partial charge < -0.3 is 15.2 Å². The fourth-order valence-electron chi connectivity index (χ4n) is 1.97. The summed E-state index contributed by atoms with van der Waals surface area (Å²) in [6, 6.07) is 7.93. The summed E-state index contributed by atoms with van der Waals surface area (Å²) < 4.78 is 5.66. The van der Waals surface area contributed by atoms with Crippen LogP contribution in [0.25, 0.3) is 0 Å². The van der Waals surface area contributed by atoms with Crippen LogP contribution in [0.1, 0.15) is 25.0 Å². The Morgan fingerprint density at radius 3 is 3.07 bits per heavy atom. The number of rotatable bonds is 2. The number of hydrogen-bond donors (Lipinski definition) is 2. The van der Waals surface area contributed by atoms with E-state index in [-0.39, 0.29) is 6.04 Å². The average molecular weight is 207 g/mol. The van der Waals surface area contributed by atoms with E-state index in [9.17, 15) is 5.11 Å². The smallest absolute Gasteiger partial charge is 0.125 e. The molecule has 2 rings (SSSR count). The molecule has 0 spiro atoms. The van der Waals surface area contributed by atoms with Gasteiger partial charge in [0.25, 0.3) is 0 Å². The van der Waals surface area contributed by atoms with Crippen molar-refractivity contribution in [2.24, 2.45) is 0 Å². The standard InChI is InChI=1S/C12H17NO2/c1-2-13-9-7-11(14)10-5-3-4-6-12(10)15-8-9/h3-6,9,11,13-14H,2,7-8H2,1H3. The highest BCUT2D eigenvalue weighted by atomic mass is 16.5. The molecule has 1 aromatic rings. The zero-order chi connectivity index (χ0) is 10.7. The van der Waals surface area contributed by atoms with E-state index in [0.717, 1.165) is 17.9 Å². The molecule has 1 aliphatic heterocycles. The highest BCUT2D eigenvalue weighted by molar-refractivity contribution is 5.35. The molecule has 82 valence electrons. The number of para-hydroxylation sites is 1. The summed E-state index contributed by atoms with van der Waals surface area (Å²) in [5.74, 6) is 0.811. The van der Waals surface area contributed by atoms with Gasteiger partial charge in [-0.15, -0.1) is 0 Å². The summed E-state index contributed by atoms with van der Waals surface area (Å²) in [5, 5.41) is 13.3. The van der Waals surface area contributed by atoms with E-state index in [1.807, 2.05) is 24.3 Å². The van der Waals surface area contributed by atoms with E-state index in [1.54, 1.807) is 0 Å². The highest BCUT2D eigenvalue weighted by Crippen LogP contribution is 2.30. The molecule has 0 saturated carbocycles. The van der Waals surface area contributed by atoms with Gasteiger partial charge in [0.2, 0.25) is 0 Å². The summed E-state index contributed by atoms with van der Waals surface area (Å²) in [6.07, 6.45) is 0.290. The molecule has 1 aliphatic rings. The minimum absolute atomic E-state index is 0.234. The lowest BCUT2D eigenvalue weighted by Gasteiger charge is -2.16. The first-order valence-corrected chi connectivity index (χ1v) is 5.44. The van der Waals surface area contributed by atoms with E-state index in [1.165, 1.54) is 0 Å². The maximum Gasteiger partial charge on any atom is 0.125 e. The highest BCUT2D eigenvalue weighted by Gasteiger charge is 2.22. The Morgan fingerprint density at radius 2 is 2.27 bits per heavy atom. The Labute approximate surface area is 90.1 Å². The number of likely N-dealkylation sites (N-methyl/N-ethyl adjacent to an activating group) is 1. The molecule has 1 heterocycles.